The topological polar surface area (TPSA) is 72.2 Å². The number of hydrogen-bond donors (Lipinski definition) is 1. The zero-order chi connectivity index (χ0) is 19.2. The number of ketones is 1. The fourth-order valence-electron chi connectivity index (χ4n) is 2.82. The summed E-state index contributed by atoms with van der Waals surface area (Å²) < 4.78 is 1.55. The molecule has 1 heterocycles. The summed E-state index contributed by atoms with van der Waals surface area (Å²) in [5.74, 6) is 0.203. The Morgan fingerprint density at radius 3 is 2.59 bits per heavy atom. The molecule has 2 aromatic carbocycles. The average Bonchev–Trinajstić information content (AvgIpc) is 2.71. The van der Waals surface area contributed by atoms with Gasteiger partial charge in [-0.2, -0.15) is 0 Å². The van der Waals surface area contributed by atoms with E-state index in [1.54, 1.807) is 22.8 Å². The maximum Gasteiger partial charge on any atom is 0.262 e. The molecular formula is C21H22N2O3S. The van der Waals surface area contributed by atoms with E-state index in [2.05, 4.69) is 11.9 Å². The summed E-state index contributed by atoms with van der Waals surface area (Å²) in [4.78, 5) is 29.9. The Balaban J connectivity index is 1.86. The lowest BCUT2D eigenvalue weighted by Gasteiger charge is -2.12. The summed E-state index contributed by atoms with van der Waals surface area (Å²) in [5, 5.41) is 10.2. The second kappa shape index (κ2) is 8.97. The van der Waals surface area contributed by atoms with Crippen molar-refractivity contribution in [2.45, 2.75) is 31.5 Å². The molecule has 0 bridgehead atoms. The number of aryl methyl sites for hydroxylation is 1. The molecule has 140 valence electrons. The summed E-state index contributed by atoms with van der Waals surface area (Å²) in [6.45, 7) is 2.44. The SMILES string of the molecule is CCc1ccc(C(=O)CSc2nc3ccccc3c(=O)n2CCCO)cc1. The van der Waals surface area contributed by atoms with E-state index in [4.69, 9.17) is 5.11 Å². The second-order valence-corrected chi connectivity index (χ2v) is 7.15. The Hall–Kier alpha value is -2.44. The third-order valence-corrected chi connectivity index (χ3v) is 5.36. The summed E-state index contributed by atoms with van der Waals surface area (Å²) in [6.07, 6.45) is 1.39. The van der Waals surface area contributed by atoms with Crippen molar-refractivity contribution in [1.82, 2.24) is 9.55 Å². The molecule has 3 aromatic rings. The van der Waals surface area contributed by atoms with Gasteiger partial charge in [0.1, 0.15) is 0 Å². The van der Waals surface area contributed by atoms with Crippen LogP contribution in [0, 0.1) is 0 Å². The van der Waals surface area contributed by atoms with Crippen LogP contribution in [0.25, 0.3) is 10.9 Å². The van der Waals surface area contributed by atoms with E-state index in [0.717, 1.165) is 6.42 Å². The van der Waals surface area contributed by atoms with Gasteiger partial charge in [-0.15, -0.1) is 0 Å². The van der Waals surface area contributed by atoms with Gasteiger partial charge in [-0.3, -0.25) is 14.2 Å². The molecule has 0 aliphatic heterocycles. The number of hydrogen-bond acceptors (Lipinski definition) is 5. The highest BCUT2D eigenvalue weighted by molar-refractivity contribution is 7.99. The molecule has 0 saturated heterocycles. The fourth-order valence-corrected chi connectivity index (χ4v) is 3.74. The van der Waals surface area contributed by atoms with Crippen LogP contribution in [0.15, 0.2) is 58.5 Å². The highest BCUT2D eigenvalue weighted by Crippen LogP contribution is 2.20. The molecule has 5 nitrogen and oxygen atoms in total. The van der Waals surface area contributed by atoms with Crippen molar-refractivity contribution in [2.75, 3.05) is 12.4 Å². The Labute approximate surface area is 162 Å². The van der Waals surface area contributed by atoms with Crippen LogP contribution < -0.4 is 5.56 Å². The van der Waals surface area contributed by atoms with Gasteiger partial charge in [0.25, 0.3) is 5.56 Å². The van der Waals surface area contributed by atoms with E-state index in [1.807, 2.05) is 30.3 Å². The smallest absolute Gasteiger partial charge is 0.262 e. The highest BCUT2D eigenvalue weighted by Gasteiger charge is 2.14. The largest absolute Gasteiger partial charge is 0.396 e. The first-order valence-electron chi connectivity index (χ1n) is 8.99. The van der Waals surface area contributed by atoms with Crippen molar-refractivity contribution in [1.29, 1.82) is 0 Å². The number of fused-ring (bicyclic) bond motifs is 1. The van der Waals surface area contributed by atoms with Crippen molar-refractivity contribution in [3.8, 4) is 0 Å². The van der Waals surface area contributed by atoms with Crippen LogP contribution in [0.3, 0.4) is 0 Å². The fraction of sp³-hybridized carbons (Fsp3) is 0.286. The Kier molecular flexibility index (Phi) is 6.42. The van der Waals surface area contributed by atoms with E-state index in [-0.39, 0.29) is 23.7 Å². The molecule has 0 unspecified atom stereocenters. The number of Topliss-reactive ketones (excluding diaryl/α,β-unsaturated/α-hetero) is 1. The minimum atomic E-state index is -0.142. The molecule has 0 saturated carbocycles. The average molecular weight is 382 g/mol. The molecule has 3 rings (SSSR count). The van der Waals surface area contributed by atoms with E-state index in [9.17, 15) is 9.59 Å². The van der Waals surface area contributed by atoms with E-state index in [1.165, 1.54) is 17.3 Å². The van der Waals surface area contributed by atoms with Gasteiger partial charge >= 0.3 is 0 Å². The van der Waals surface area contributed by atoms with Gasteiger partial charge in [0, 0.05) is 18.7 Å². The van der Waals surface area contributed by atoms with Crippen molar-refractivity contribution in [3.05, 3.63) is 70.0 Å². The number of para-hydroxylation sites is 1. The van der Waals surface area contributed by atoms with Crippen molar-refractivity contribution in [2.24, 2.45) is 0 Å². The predicted molar refractivity (Wildman–Crippen MR) is 109 cm³/mol. The number of carbonyl (C=O) groups excluding carboxylic acids is 1. The molecule has 1 aromatic heterocycles. The van der Waals surface area contributed by atoms with Crippen LogP contribution in [0.4, 0.5) is 0 Å². The molecule has 0 radical (unpaired) electrons. The predicted octanol–water partition coefficient (Wildman–Crippen LogP) is 3.32. The minimum Gasteiger partial charge on any atom is -0.396 e. The van der Waals surface area contributed by atoms with Gasteiger partial charge in [-0.25, -0.2) is 4.98 Å². The Morgan fingerprint density at radius 1 is 1.15 bits per heavy atom. The molecule has 1 N–H and O–H groups in total. The standard InChI is InChI=1S/C21H22N2O3S/c1-2-15-8-10-16(11-9-15)19(25)14-27-21-22-18-7-4-3-6-17(18)20(26)23(21)12-5-13-24/h3-4,6-11,24H,2,5,12-14H2,1H3. The van der Waals surface area contributed by atoms with Crippen molar-refractivity contribution in [3.63, 3.8) is 0 Å². The van der Waals surface area contributed by atoms with Crippen LogP contribution in [-0.2, 0) is 13.0 Å². The molecule has 0 atom stereocenters. The van der Waals surface area contributed by atoms with Crippen molar-refractivity contribution < 1.29 is 9.90 Å². The van der Waals surface area contributed by atoms with Gasteiger partial charge in [0.2, 0.25) is 0 Å². The first kappa shape index (κ1) is 19.3. The highest BCUT2D eigenvalue weighted by atomic mass is 32.2. The maximum atomic E-state index is 12.8. The molecule has 0 aliphatic rings. The summed E-state index contributed by atoms with van der Waals surface area (Å²) in [6, 6.07) is 14.8. The molecule has 0 fully saturated rings. The van der Waals surface area contributed by atoms with E-state index < -0.39 is 0 Å². The Morgan fingerprint density at radius 2 is 1.89 bits per heavy atom. The van der Waals surface area contributed by atoms with Crippen LogP contribution in [0.5, 0.6) is 0 Å². The third-order valence-electron chi connectivity index (χ3n) is 4.38. The lowest BCUT2D eigenvalue weighted by atomic mass is 10.1. The van der Waals surface area contributed by atoms with Gasteiger partial charge < -0.3 is 5.11 Å². The Bertz CT molecular complexity index is 996. The van der Waals surface area contributed by atoms with E-state index in [0.29, 0.717) is 34.6 Å². The van der Waals surface area contributed by atoms with Gasteiger partial charge in [-0.1, -0.05) is 55.1 Å². The molecule has 0 amide bonds. The normalized spacial score (nSPS) is 11.0. The van der Waals surface area contributed by atoms with Gasteiger partial charge in [-0.05, 0) is 30.5 Å². The first-order valence-corrected chi connectivity index (χ1v) is 9.98. The van der Waals surface area contributed by atoms with Crippen LogP contribution in [0.1, 0.15) is 29.3 Å². The van der Waals surface area contributed by atoms with Gasteiger partial charge in [0.05, 0.1) is 16.7 Å². The summed E-state index contributed by atoms with van der Waals surface area (Å²) >= 11 is 1.26. The maximum absolute atomic E-state index is 12.8. The minimum absolute atomic E-state index is 0.00114. The number of carbonyl (C=O) groups is 1. The number of rotatable bonds is 8. The summed E-state index contributed by atoms with van der Waals surface area (Å²) in [7, 11) is 0. The zero-order valence-corrected chi connectivity index (χ0v) is 16.0. The van der Waals surface area contributed by atoms with Gasteiger partial charge in [0.15, 0.2) is 10.9 Å². The van der Waals surface area contributed by atoms with Crippen LogP contribution in [-0.4, -0.2) is 32.8 Å². The molecule has 0 spiro atoms. The number of nitrogens with zero attached hydrogens (tertiary/aromatic N) is 2. The zero-order valence-electron chi connectivity index (χ0n) is 15.2. The molecule has 0 aliphatic carbocycles. The summed E-state index contributed by atoms with van der Waals surface area (Å²) in [5.41, 5.74) is 2.32. The number of aromatic nitrogens is 2. The number of benzene rings is 2. The first-order chi connectivity index (χ1) is 13.1. The number of aliphatic hydroxyl groups is 1. The van der Waals surface area contributed by atoms with Crippen LogP contribution in [0.2, 0.25) is 0 Å². The molecule has 6 heteroatoms. The number of thioether (sulfide) groups is 1. The monoisotopic (exact) mass is 382 g/mol. The third kappa shape index (κ3) is 4.46. The van der Waals surface area contributed by atoms with E-state index >= 15 is 0 Å². The van der Waals surface area contributed by atoms with Crippen molar-refractivity contribution >= 4 is 28.4 Å². The lowest BCUT2D eigenvalue weighted by Crippen LogP contribution is -2.24. The number of aliphatic hydroxyl groups excluding tert-OH is 1. The lowest BCUT2D eigenvalue weighted by molar-refractivity contribution is 0.102. The quantitative estimate of drug-likeness (QED) is 0.368. The molecular weight excluding hydrogens is 360 g/mol. The van der Waals surface area contributed by atoms with Crippen LogP contribution >= 0.6 is 11.8 Å². The molecule has 27 heavy (non-hydrogen) atoms. The second-order valence-electron chi connectivity index (χ2n) is 6.21.